The lowest BCUT2D eigenvalue weighted by Gasteiger charge is -2.37. The van der Waals surface area contributed by atoms with E-state index in [2.05, 4.69) is 25.8 Å². The molecule has 2 heteroatoms. The van der Waals surface area contributed by atoms with Crippen molar-refractivity contribution in [3.63, 3.8) is 0 Å². The molecule has 0 aromatic heterocycles. The highest BCUT2D eigenvalue weighted by Crippen LogP contribution is 2.41. The maximum Gasteiger partial charge on any atom is 0.0816 e. The van der Waals surface area contributed by atoms with E-state index >= 15 is 0 Å². The first-order chi connectivity index (χ1) is 7.01. The van der Waals surface area contributed by atoms with Crippen molar-refractivity contribution in [2.75, 3.05) is 13.6 Å². The maximum absolute atomic E-state index is 10.7. The van der Waals surface area contributed by atoms with Gasteiger partial charge in [-0.05, 0) is 45.1 Å². The Labute approximate surface area is 93.7 Å². The van der Waals surface area contributed by atoms with Gasteiger partial charge in [0.15, 0.2) is 0 Å². The lowest BCUT2D eigenvalue weighted by atomic mass is 9.73. The SMILES string of the molecule is CC1CCC(C2(O)CC(C)N(C)C2)CC1. The van der Waals surface area contributed by atoms with E-state index < -0.39 is 0 Å². The van der Waals surface area contributed by atoms with Gasteiger partial charge >= 0.3 is 0 Å². The van der Waals surface area contributed by atoms with E-state index in [9.17, 15) is 5.11 Å². The lowest BCUT2D eigenvalue weighted by Crippen LogP contribution is -2.41. The number of nitrogens with zero attached hydrogens (tertiary/aromatic N) is 1. The first-order valence-corrected chi connectivity index (χ1v) is 6.44. The van der Waals surface area contributed by atoms with Crippen LogP contribution in [0.25, 0.3) is 0 Å². The maximum atomic E-state index is 10.7. The Morgan fingerprint density at radius 1 is 1.13 bits per heavy atom. The first kappa shape index (κ1) is 11.4. The van der Waals surface area contributed by atoms with Crippen LogP contribution >= 0.6 is 0 Å². The molecule has 15 heavy (non-hydrogen) atoms. The summed E-state index contributed by atoms with van der Waals surface area (Å²) < 4.78 is 0. The molecule has 1 aliphatic carbocycles. The van der Waals surface area contributed by atoms with Gasteiger partial charge in [-0.1, -0.05) is 19.8 Å². The molecular formula is C13H25NO. The molecule has 0 bridgehead atoms. The summed E-state index contributed by atoms with van der Waals surface area (Å²) in [5, 5.41) is 10.7. The van der Waals surface area contributed by atoms with Gasteiger partial charge in [0, 0.05) is 12.6 Å². The van der Waals surface area contributed by atoms with Gasteiger partial charge in [-0.25, -0.2) is 0 Å². The Hall–Kier alpha value is -0.0800. The van der Waals surface area contributed by atoms with Crippen LogP contribution in [0, 0.1) is 11.8 Å². The van der Waals surface area contributed by atoms with Crippen molar-refractivity contribution < 1.29 is 5.11 Å². The van der Waals surface area contributed by atoms with Crippen molar-refractivity contribution in [1.82, 2.24) is 4.90 Å². The quantitative estimate of drug-likeness (QED) is 0.719. The summed E-state index contributed by atoms with van der Waals surface area (Å²) in [6.07, 6.45) is 6.06. The van der Waals surface area contributed by atoms with Crippen LogP contribution in [0.4, 0.5) is 0 Å². The zero-order valence-corrected chi connectivity index (χ0v) is 10.4. The third-order valence-electron chi connectivity index (χ3n) is 4.70. The second-order valence-electron chi connectivity index (χ2n) is 6.03. The van der Waals surface area contributed by atoms with Crippen molar-refractivity contribution in [2.24, 2.45) is 11.8 Å². The van der Waals surface area contributed by atoms with Crippen LogP contribution in [0.5, 0.6) is 0 Å². The van der Waals surface area contributed by atoms with Gasteiger partial charge in [-0.3, -0.25) is 0 Å². The van der Waals surface area contributed by atoms with Gasteiger partial charge in [0.2, 0.25) is 0 Å². The fourth-order valence-electron chi connectivity index (χ4n) is 3.41. The molecule has 0 radical (unpaired) electrons. The minimum absolute atomic E-state index is 0.381. The number of rotatable bonds is 1. The van der Waals surface area contributed by atoms with Gasteiger partial charge in [0.1, 0.15) is 0 Å². The molecule has 0 spiro atoms. The van der Waals surface area contributed by atoms with Crippen molar-refractivity contribution in [3.05, 3.63) is 0 Å². The van der Waals surface area contributed by atoms with E-state index in [0.717, 1.165) is 18.9 Å². The van der Waals surface area contributed by atoms with Crippen molar-refractivity contribution in [3.8, 4) is 0 Å². The van der Waals surface area contributed by atoms with Crippen molar-refractivity contribution >= 4 is 0 Å². The number of hydrogen-bond donors (Lipinski definition) is 1. The molecule has 1 N–H and O–H groups in total. The van der Waals surface area contributed by atoms with Gasteiger partial charge in [-0.2, -0.15) is 0 Å². The molecule has 2 nitrogen and oxygen atoms in total. The molecule has 1 saturated carbocycles. The molecule has 2 unspecified atom stereocenters. The van der Waals surface area contributed by atoms with Gasteiger partial charge < -0.3 is 10.0 Å². The van der Waals surface area contributed by atoms with E-state index in [1.807, 2.05) is 0 Å². The van der Waals surface area contributed by atoms with E-state index in [1.165, 1.54) is 25.7 Å². The summed E-state index contributed by atoms with van der Waals surface area (Å²) in [5.74, 6) is 1.43. The van der Waals surface area contributed by atoms with Gasteiger partial charge in [0.25, 0.3) is 0 Å². The van der Waals surface area contributed by atoms with E-state index in [1.54, 1.807) is 0 Å². The summed E-state index contributed by atoms with van der Waals surface area (Å²) >= 11 is 0. The highest BCUT2D eigenvalue weighted by atomic mass is 16.3. The molecule has 88 valence electrons. The number of likely N-dealkylation sites (tertiary alicyclic amines) is 1. The standard InChI is InChI=1S/C13H25NO/c1-10-4-6-12(7-5-10)13(15)8-11(2)14(3)9-13/h10-12,15H,4-9H2,1-3H3. The first-order valence-electron chi connectivity index (χ1n) is 6.44. The number of hydrogen-bond acceptors (Lipinski definition) is 2. The number of aliphatic hydroxyl groups is 1. The van der Waals surface area contributed by atoms with Crippen LogP contribution in [0.2, 0.25) is 0 Å². The Balaban J connectivity index is 1.98. The zero-order chi connectivity index (χ0) is 11.1. The molecule has 1 heterocycles. The highest BCUT2D eigenvalue weighted by Gasteiger charge is 2.45. The normalized spacial score (nSPS) is 48.4. The molecular weight excluding hydrogens is 186 g/mol. The largest absolute Gasteiger partial charge is 0.388 e. The predicted molar refractivity (Wildman–Crippen MR) is 62.8 cm³/mol. The van der Waals surface area contributed by atoms with E-state index in [4.69, 9.17) is 0 Å². The smallest absolute Gasteiger partial charge is 0.0816 e. The third-order valence-corrected chi connectivity index (χ3v) is 4.70. The molecule has 0 aromatic rings. The molecule has 0 amide bonds. The average Bonchev–Trinajstić information content (AvgIpc) is 2.43. The van der Waals surface area contributed by atoms with Crippen LogP contribution in [0.15, 0.2) is 0 Å². The van der Waals surface area contributed by atoms with Crippen LogP contribution in [0.3, 0.4) is 0 Å². The predicted octanol–water partition coefficient (Wildman–Crippen LogP) is 2.27. The van der Waals surface area contributed by atoms with Crippen molar-refractivity contribution in [2.45, 2.75) is 57.6 Å². The number of likely N-dealkylation sites (N-methyl/N-ethyl adjacent to an activating group) is 1. The Kier molecular flexibility index (Phi) is 3.09. The highest BCUT2D eigenvalue weighted by molar-refractivity contribution is 4.98. The monoisotopic (exact) mass is 211 g/mol. The average molecular weight is 211 g/mol. The lowest BCUT2D eigenvalue weighted by molar-refractivity contribution is -0.0269. The second kappa shape index (κ2) is 4.06. The summed E-state index contributed by atoms with van der Waals surface area (Å²) in [6, 6.07) is 0.550. The zero-order valence-electron chi connectivity index (χ0n) is 10.4. The summed E-state index contributed by atoms with van der Waals surface area (Å²) in [5.41, 5.74) is -0.381. The van der Waals surface area contributed by atoms with Crippen LogP contribution in [-0.4, -0.2) is 35.2 Å². The fraction of sp³-hybridized carbons (Fsp3) is 1.00. The molecule has 1 saturated heterocycles. The van der Waals surface area contributed by atoms with Crippen molar-refractivity contribution in [1.29, 1.82) is 0 Å². The van der Waals surface area contributed by atoms with Crippen LogP contribution in [-0.2, 0) is 0 Å². The summed E-state index contributed by atoms with van der Waals surface area (Å²) in [6.45, 7) is 5.44. The van der Waals surface area contributed by atoms with E-state index in [0.29, 0.717) is 12.0 Å². The van der Waals surface area contributed by atoms with Gasteiger partial charge in [0.05, 0.1) is 5.60 Å². The van der Waals surface area contributed by atoms with Gasteiger partial charge in [-0.15, -0.1) is 0 Å². The van der Waals surface area contributed by atoms with E-state index in [-0.39, 0.29) is 5.60 Å². The summed E-state index contributed by atoms with van der Waals surface area (Å²) in [4.78, 5) is 2.30. The molecule has 2 atom stereocenters. The second-order valence-corrected chi connectivity index (χ2v) is 6.03. The fourth-order valence-corrected chi connectivity index (χ4v) is 3.41. The Bertz CT molecular complexity index is 211. The molecule has 2 fully saturated rings. The topological polar surface area (TPSA) is 23.5 Å². The van der Waals surface area contributed by atoms with Crippen LogP contribution < -0.4 is 0 Å². The molecule has 2 rings (SSSR count). The molecule has 1 aliphatic heterocycles. The molecule has 0 aromatic carbocycles. The third kappa shape index (κ3) is 2.21. The number of β-amino-alcohol motifs (C(OH)–C–C–N with tert-alkyl or cyclic N) is 1. The Morgan fingerprint density at radius 2 is 1.73 bits per heavy atom. The summed E-state index contributed by atoms with van der Waals surface area (Å²) in [7, 11) is 2.13. The molecule has 2 aliphatic rings. The van der Waals surface area contributed by atoms with Crippen LogP contribution in [0.1, 0.15) is 46.0 Å². The minimum Gasteiger partial charge on any atom is -0.388 e. The Morgan fingerprint density at radius 3 is 2.20 bits per heavy atom. The minimum atomic E-state index is -0.381.